The van der Waals surface area contributed by atoms with Gasteiger partial charge in [0, 0.05) is 14.1 Å². The molecule has 1 rings (SSSR count). The molecular formula is C8H10NO3S-. The van der Waals surface area contributed by atoms with Gasteiger partial charge in [-0.05, 0) is 12.1 Å². The maximum absolute atomic E-state index is 10.3. The summed E-state index contributed by atoms with van der Waals surface area (Å²) in [6.07, 6.45) is 0. The zero-order chi connectivity index (χ0) is 9.84. The highest BCUT2D eigenvalue weighted by molar-refractivity contribution is 7.74. The molecule has 1 aromatic carbocycles. The van der Waals surface area contributed by atoms with Gasteiger partial charge in [0.15, 0.2) is 5.75 Å². The molecule has 0 aliphatic carbocycles. The van der Waals surface area contributed by atoms with Crippen LogP contribution in [0.5, 0.6) is 5.75 Å². The molecule has 72 valence electrons. The Kier molecular flexibility index (Phi) is 3.27. The molecule has 0 N–H and O–H groups in total. The van der Waals surface area contributed by atoms with Crippen LogP contribution in [0.25, 0.3) is 0 Å². The van der Waals surface area contributed by atoms with E-state index >= 15 is 0 Å². The van der Waals surface area contributed by atoms with Crippen molar-refractivity contribution in [1.29, 1.82) is 0 Å². The van der Waals surface area contributed by atoms with Gasteiger partial charge in [0.25, 0.3) is 0 Å². The Morgan fingerprint density at radius 1 is 1.38 bits per heavy atom. The van der Waals surface area contributed by atoms with Crippen molar-refractivity contribution >= 4 is 17.0 Å². The molecular weight excluding hydrogens is 190 g/mol. The zero-order valence-corrected chi connectivity index (χ0v) is 8.21. The van der Waals surface area contributed by atoms with Crippen LogP contribution in [-0.4, -0.2) is 22.9 Å². The van der Waals surface area contributed by atoms with Gasteiger partial charge in [-0.3, -0.25) is 0 Å². The first-order valence-corrected chi connectivity index (χ1v) is 4.65. The van der Waals surface area contributed by atoms with Gasteiger partial charge >= 0.3 is 0 Å². The Balaban J connectivity index is 2.97. The number of para-hydroxylation sites is 2. The second kappa shape index (κ2) is 4.25. The molecule has 0 aliphatic heterocycles. The minimum absolute atomic E-state index is 0.334. The molecule has 1 atom stereocenters. The van der Waals surface area contributed by atoms with Gasteiger partial charge in [0.05, 0.1) is 5.69 Å². The van der Waals surface area contributed by atoms with E-state index in [1.54, 1.807) is 23.1 Å². The summed E-state index contributed by atoms with van der Waals surface area (Å²) in [7, 11) is 3.63. The minimum Gasteiger partial charge on any atom is -0.740 e. The maximum atomic E-state index is 10.3. The molecule has 0 aliphatic rings. The van der Waals surface area contributed by atoms with Crippen LogP contribution < -0.4 is 9.08 Å². The fraction of sp³-hybridized carbons (Fsp3) is 0.250. The monoisotopic (exact) mass is 200 g/mol. The summed E-state index contributed by atoms with van der Waals surface area (Å²) in [5.74, 6) is 0.334. The van der Waals surface area contributed by atoms with Crippen LogP contribution in [0.4, 0.5) is 5.69 Å². The van der Waals surface area contributed by atoms with E-state index < -0.39 is 11.4 Å². The van der Waals surface area contributed by atoms with Gasteiger partial charge in [0.2, 0.25) is 0 Å². The topological polar surface area (TPSA) is 52.6 Å². The van der Waals surface area contributed by atoms with Crippen LogP contribution in [0.2, 0.25) is 0 Å². The van der Waals surface area contributed by atoms with E-state index in [2.05, 4.69) is 4.18 Å². The first kappa shape index (κ1) is 10.0. The van der Waals surface area contributed by atoms with Crippen molar-refractivity contribution in [3.63, 3.8) is 0 Å². The van der Waals surface area contributed by atoms with Crippen molar-refractivity contribution in [2.75, 3.05) is 19.0 Å². The van der Waals surface area contributed by atoms with Crippen molar-refractivity contribution in [2.24, 2.45) is 0 Å². The zero-order valence-electron chi connectivity index (χ0n) is 7.39. The van der Waals surface area contributed by atoms with Crippen LogP contribution in [-0.2, 0) is 11.4 Å². The Labute approximate surface area is 79.6 Å². The van der Waals surface area contributed by atoms with E-state index in [1.165, 1.54) is 0 Å². The summed E-state index contributed by atoms with van der Waals surface area (Å²) >= 11 is -2.52. The van der Waals surface area contributed by atoms with Gasteiger partial charge in [0.1, 0.15) is 11.4 Å². The fourth-order valence-corrected chi connectivity index (χ4v) is 1.26. The molecule has 0 saturated heterocycles. The molecule has 1 aromatic rings. The van der Waals surface area contributed by atoms with E-state index in [1.807, 2.05) is 20.2 Å². The van der Waals surface area contributed by atoms with Crippen molar-refractivity contribution in [3.05, 3.63) is 24.3 Å². The smallest absolute Gasteiger partial charge is 0.162 e. The molecule has 0 amide bonds. The second-order valence-corrected chi connectivity index (χ2v) is 3.22. The number of rotatable bonds is 3. The summed E-state index contributed by atoms with van der Waals surface area (Å²) in [5.41, 5.74) is 0.728. The predicted molar refractivity (Wildman–Crippen MR) is 50.3 cm³/mol. The molecule has 5 heteroatoms. The third-order valence-corrected chi connectivity index (χ3v) is 1.82. The van der Waals surface area contributed by atoms with Crippen LogP contribution in [0.15, 0.2) is 24.3 Å². The normalized spacial score (nSPS) is 12.2. The van der Waals surface area contributed by atoms with Gasteiger partial charge in [-0.2, -0.15) is 0 Å². The maximum Gasteiger partial charge on any atom is 0.162 e. The third kappa shape index (κ3) is 2.71. The average Bonchev–Trinajstić information content (AvgIpc) is 2.03. The Morgan fingerprint density at radius 2 is 2.00 bits per heavy atom. The number of anilines is 1. The highest BCUT2D eigenvalue weighted by Gasteiger charge is 2.03. The molecule has 0 spiro atoms. The lowest BCUT2D eigenvalue weighted by atomic mass is 10.3. The number of hydrogen-bond donors (Lipinski definition) is 0. The van der Waals surface area contributed by atoms with Gasteiger partial charge in [-0.15, -0.1) is 0 Å². The van der Waals surface area contributed by atoms with E-state index in [9.17, 15) is 8.76 Å². The van der Waals surface area contributed by atoms with Crippen molar-refractivity contribution in [2.45, 2.75) is 0 Å². The number of nitrogens with zero attached hydrogens (tertiary/aromatic N) is 1. The highest BCUT2D eigenvalue weighted by Crippen LogP contribution is 2.26. The number of hydrogen-bond acceptors (Lipinski definition) is 4. The SMILES string of the molecule is CN(C)c1ccccc1OS(=O)[O-]. The third-order valence-electron chi connectivity index (χ3n) is 1.50. The predicted octanol–water partition coefficient (Wildman–Crippen LogP) is 0.925. The average molecular weight is 200 g/mol. The van der Waals surface area contributed by atoms with Gasteiger partial charge < -0.3 is 13.6 Å². The van der Waals surface area contributed by atoms with E-state index in [0.29, 0.717) is 5.75 Å². The van der Waals surface area contributed by atoms with Crippen LogP contribution in [0, 0.1) is 0 Å². The molecule has 0 aromatic heterocycles. The molecule has 4 nitrogen and oxygen atoms in total. The first-order valence-electron chi connectivity index (χ1n) is 3.65. The standard InChI is InChI=1S/C8H11NO3S/c1-9(2)7-5-3-4-6-8(7)12-13(10)11/h3-6H,1-2H3,(H,10,11)/p-1. The molecule has 0 heterocycles. The summed E-state index contributed by atoms with van der Waals surface area (Å²) in [5, 5.41) is 0. The molecule has 0 fully saturated rings. The molecule has 13 heavy (non-hydrogen) atoms. The van der Waals surface area contributed by atoms with E-state index in [0.717, 1.165) is 5.69 Å². The lowest BCUT2D eigenvalue weighted by Crippen LogP contribution is -2.11. The number of benzene rings is 1. The van der Waals surface area contributed by atoms with Crippen LogP contribution >= 0.6 is 0 Å². The van der Waals surface area contributed by atoms with Gasteiger partial charge in [-0.1, -0.05) is 12.1 Å². The Morgan fingerprint density at radius 3 is 2.54 bits per heavy atom. The lowest BCUT2D eigenvalue weighted by Gasteiger charge is -2.17. The summed E-state index contributed by atoms with van der Waals surface area (Å²) in [4.78, 5) is 1.78. The van der Waals surface area contributed by atoms with Crippen LogP contribution in [0.1, 0.15) is 0 Å². The largest absolute Gasteiger partial charge is 0.740 e. The molecule has 1 unspecified atom stereocenters. The minimum atomic E-state index is -2.52. The second-order valence-electron chi connectivity index (χ2n) is 2.65. The quantitative estimate of drug-likeness (QED) is 0.681. The van der Waals surface area contributed by atoms with Crippen molar-refractivity contribution in [1.82, 2.24) is 0 Å². The summed E-state index contributed by atoms with van der Waals surface area (Å²) in [6, 6.07) is 6.92. The Hall–Kier alpha value is -1.07. The molecule has 0 radical (unpaired) electrons. The lowest BCUT2D eigenvalue weighted by molar-refractivity contribution is 0.440. The van der Waals surface area contributed by atoms with Gasteiger partial charge in [-0.25, -0.2) is 4.21 Å². The van der Waals surface area contributed by atoms with E-state index in [-0.39, 0.29) is 0 Å². The van der Waals surface area contributed by atoms with E-state index in [4.69, 9.17) is 0 Å². The highest BCUT2D eigenvalue weighted by atomic mass is 32.2. The summed E-state index contributed by atoms with van der Waals surface area (Å²) < 4.78 is 25.2. The molecule has 0 saturated carbocycles. The van der Waals surface area contributed by atoms with Crippen molar-refractivity contribution < 1.29 is 12.9 Å². The first-order chi connectivity index (χ1) is 6.11. The summed E-state index contributed by atoms with van der Waals surface area (Å²) in [6.45, 7) is 0. The molecule has 0 bridgehead atoms. The van der Waals surface area contributed by atoms with Crippen LogP contribution in [0.3, 0.4) is 0 Å². The van der Waals surface area contributed by atoms with Crippen molar-refractivity contribution in [3.8, 4) is 5.75 Å². The fourth-order valence-electron chi connectivity index (χ4n) is 0.970. The Bertz CT molecular complexity index is 314.